The summed E-state index contributed by atoms with van der Waals surface area (Å²) in [5, 5.41) is 13.8. The fourth-order valence-electron chi connectivity index (χ4n) is 3.54. The molecule has 0 aliphatic heterocycles. The molecule has 0 atom stereocenters. The van der Waals surface area contributed by atoms with Crippen LogP contribution >= 0.6 is 0 Å². The van der Waals surface area contributed by atoms with Gasteiger partial charge in [0.05, 0.1) is 6.61 Å². The summed E-state index contributed by atoms with van der Waals surface area (Å²) in [4.78, 5) is 0.209. The van der Waals surface area contributed by atoms with E-state index in [2.05, 4.69) is 5.10 Å². The Morgan fingerprint density at radius 1 is 1.20 bits per heavy atom. The minimum Gasteiger partial charge on any atom is -0.395 e. The summed E-state index contributed by atoms with van der Waals surface area (Å²) in [6, 6.07) is 9.30. The van der Waals surface area contributed by atoms with Gasteiger partial charge in [0.2, 0.25) is 10.0 Å². The second-order valence-corrected chi connectivity index (χ2v) is 8.37. The topological polar surface area (TPSA) is 75.4 Å². The predicted molar refractivity (Wildman–Crippen MR) is 96.5 cm³/mol. The van der Waals surface area contributed by atoms with E-state index in [1.54, 1.807) is 13.2 Å². The zero-order chi connectivity index (χ0) is 17.9. The van der Waals surface area contributed by atoms with E-state index < -0.39 is 10.0 Å². The molecular formula is C18H25N3O3S. The fraction of sp³-hybridized carbons (Fsp3) is 0.500. The molecule has 0 bridgehead atoms. The van der Waals surface area contributed by atoms with E-state index >= 15 is 0 Å². The lowest BCUT2D eigenvalue weighted by atomic mass is 9.95. The summed E-state index contributed by atoms with van der Waals surface area (Å²) in [7, 11) is -2.01. The first-order chi connectivity index (χ1) is 12.0. The average molecular weight is 363 g/mol. The normalized spacial score (nSPS) is 16.4. The third kappa shape index (κ3) is 3.78. The van der Waals surface area contributed by atoms with Crippen LogP contribution in [-0.2, 0) is 17.1 Å². The zero-order valence-corrected chi connectivity index (χ0v) is 15.3. The van der Waals surface area contributed by atoms with Crippen molar-refractivity contribution in [2.45, 2.75) is 43.0 Å². The molecule has 1 aliphatic carbocycles. The van der Waals surface area contributed by atoms with E-state index in [1.807, 2.05) is 30.3 Å². The van der Waals surface area contributed by atoms with E-state index in [-0.39, 0.29) is 24.1 Å². The number of aliphatic hydroxyl groups excluding tert-OH is 1. The maximum Gasteiger partial charge on any atom is 0.247 e. The van der Waals surface area contributed by atoms with Gasteiger partial charge in [0.15, 0.2) is 0 Å². The molecular weight excluding hydrogens is 338 g/mol. The van der Waals surface area contributed by atoms with Gasteiger partial charge in [-0.05, 0) is 12.8 Å². The Labute approximate surface area is 149 Å². The molecule has 1 heterocycles. The second-order valence-electron chi connectivity index (χ2n) is 6.51. The van der Waals surface area contributed by atoms with Crippen molar-refractivity contribution in [1.82, 2.24) is 14.1 Å². The van der Waals surface area contributed by atoms with Gasteiger partial charge in [0, 0.05) is 31.4 Å². The van der Waals surface area contributed by atoms with Gasteiger partial charge in [-0.1, -0.05) is 49.6 Å². The highest BCUT2D eigenvalue weighted by atomic mass is 32.2. The number of hydrogen-bond donors (Lipinski definition) is 1. The van der Waals surface area contributed by atoms with Crippen molar-refractivity contribution >= 4 is 10.0 Å². The summed E-state index contributed by atoms with van der Waals surface area (Å²) < 4.78 is 29.8. The van der Waals surface area contributed by atoms with Gasteiger partial charge < -0.3 is 5.11 Å². The van der Waals surface area contributed by atoms with Crippen molar-refractivity contribution in [1.29, 1.82) is 0 Å². The minimum atomic E-state index is -3.73. The Bertz CT molecular complexity index is 796. The first-order valence-electron chi connectivity index (χ1n) is 8.76. The van der Waals surface area contributed by atoms with Crippen LogP contribution in [0.25, 0.3) is 11.3 Å². The largest absolute Gasteiger partial charge is 0.395 e. The third-order valence-electron chi connectivity index (χ3n) is 4.73. The van der Waals surface area contributed by atoms with Crippen LogP contribution in [0.3, 0.4) is 0 Å². The quantitative estimate of drug-likeness (QED) is 0.855. The van der Waals surface area contributed by atoms with E-state index in [0.29, 0.717) is 5.69 Å². The number of sulfonamides is 1. The smallest absolute Gasteiger partial charge is 0.247 e. The van der Waals surface area contributed by atoms with Crippen LogP contribution in [0.5, 0.6) is 0 Å². The number of aromatic nitrogens is 2. The van der Waals surface area contributed by atoms with Gasteiger partial charge in [0.25, 0.3) is 0 Å². The molecule has 1 aromatic heterocycles. The van der Waals surface area contributed by atoms with Crippen molar-refractivity contribution < 1.29 is 13.5 Å². The molecule has 136 valence electrons. The van der Waals surface area contributed by atoms with Crippen LogP contribution in [0.1, 0.15) is 32.1 Å². The van der Waals surface area contributed by atoms with E-state index in [0.717, 1.165) is 37.7 Å². The van der Waals surface area contributed by atoms with Crippen molar-refractivity contribution in [2.24, 2.45) is 7.05 Å². The highest BCUT2D eigenvalue weighted by molar-refractivity contribution is 7.89. The van der Waals surface area contributed by atoms with Gasteiger partial charge in [-0.3, -0.25) is 4.68 Å². The van der Waals surface area contributed by atoms with Crippen molar-refractivity contribution in [2.75, 3.05) is 13.2 Å². The van der Waals surface area contributed by atoms with Crippen LogP contribution in [0.15, 0.2) is 41.4 Å². The van der Waals surface area contributed by atoms with Crippen molar-refractivity contribution in [3.05, 3.63) is 36.5 Å². The molecule has 1 fully saturated rings. The number of aryl methyl sites for hydroxylation is 1. The first-order valence-corrected chi connectivity index (χ1v) is 10.2. The average Bonchev–Trinajstić information content (AvgIpc) is 3.04. The Hall–Kier alpha value is -1.70. The molecule has 0 radical (unpaired) electrons. The lowest BCUT2D eigenvalue weighted by Crippen LogP contribution is -2.43. The van der Waals surface area contributed by atoms with Gasteiger partial charge in [-0.2, -0.15) is 9.40 Å². The molecule has 1 aliphatic rings. The highest BCUT2D eigenvalue weighted by Crippen LogP contribution is 2.32. The molecule has 0 saturated heterocycles. The maximum atomic E-state index is 13.4. The Morgan fingerprint density at radius 2 is 1.88 bits per heavy atom. The number of hydrogen-bond acceptors (Lipinski definition) is 4. The van der Waals surface area contributed by atoms with E-state index in [1.165, 1.54) is 8.99 Å². The van der Waals surface area contributed by atoms with Crippen LogP contribution < -0.4 is 0 Å². The highest BCUT2D eigenvalue weighted by Gasteiger charge is 2.35. The molecule has 7 heteroatoms. The summed E-state index contributed by atoms with van der Waals surface area (Å²) in [5.74, 6) is 0. The molecule has 3 rings (SSSR count). The molecule has 1 aromatic carbocycles. The zero-order valence-electron chi connectivity index (χ0n) is 14.5. The molecule has 1 saturated carbocycles. The first kappa shape index (κ1) is 18.1. The number of rotatable bonds is 6. The Balaban J connectivity index is 2.03. The van der Waals surface area contributed by atoms with Crippen molar-refractivity contribution in [3.8, 4) is 11.3 Å². The monoisotopic (exact) mass is 363 g/mol. The fourth-order valence-corrected chi connectivity index (χ4v) is 5.41. The summed E-state index contributed by atoms with van der Waals surface area (Å²) in [5.41, 5.74) is 1.23. The van der Waals surface area contributed by atoms with Crippen LogP contribution in [0.4, 0.5) is 0 Å². The SMILES string of the molecule is Cn1cc(S(=O)(=O)N(CCO)C2CCCCC2)c(-c2ccccc2)n1. The molecule has 0 unspecified atom stereocenters. The van der Waals surface area contributed by atoms with Crippen molar-refractivity contribution in [3.63, 3.8) is 0 Å². The molecule has 2 aromatic rings. The Morgan fingerprint density at radius 3 is 2.52 bits per heavy atom. The Kier molecular flexibility index (Phi) is 5.56. The van der Waals surface area contributed by atoms with E-state index in [9.17, 15) is 13.5 Å². The predicted octanol–water partition coefficient (Wildman–Crippen LogP) is 2.40. The molecule has 0 spiro atoms. The van der Waals surface area contributed by atoms with Crippen LogP contribution in [0, 0.1) is 0 Å². The minimum absolute atomic E-state index is 0.0465. The second kappa shape index (κ2) is 7.68. The molecule has 1 N–H and O–H groups in total. The van der Waals surface area contributed by atoms with Crippen LogP contribution in [0.2, 0.25) is 0 Å². The number of benzene rings is 1. The van der Waals surface area contributed by atoms with Crippen LogP contribution in [-0.4, -0.2) is 46.8 Å². The lowest BCUT2D eigenvalue weighted by molar-refractivity contribution is 0.199. The van der Waals surface area contributed by atoms with Gasteiger partial charge in [-0.25, -0.2) is 8.42 Å². The number of aliphatic hydroxyl groups is 1. The molecule has 25 heavy (non-hydrogen) atoms. The molecule has 0 amide bonds. The summed E-state index contributed by atoms with van der Waals surface area (Å²) in [6.07, 6.45) is 6.46. The maximum absolute atomic E-state index is 13.4. The number of nitrogens with zero attached hydrogens (tertiary/aromatic N) is 3. The molecule has 6 nitrogen and oxygen atoms in total. The summed E-state index contributed by atoms with van der Waals surface area (Å²) in [6.45, 7) is -0.0627. The third-order valence-corrected chi connectivity index (χ3v) is 6.68. The standard InChI is InChI=1S/C18H25N3O3S/c1-20-14-17(18(19-20)15-8-4-2-5-9-15)25(23,24)21(12-13-22)16-10-6-3-7-11-16/h2,4-5,8-9,14,16,22H,3,6-7,10-13H2,1H3. The summed E-state index contributed by atoms with van der Waals surface area (Å²) >= 11 is 0. The van der Waals surface area contributed by atoms with Gasteiger partial charge >= 0.3 is 0 Å². The lowest BCUT2D eigenvalue weighted by Gasteiger charge is -2.32. The van der Waals surface area contributed by atoms with Gasteiger partial charge in [-0.15, -0.1) is 0 Å². The van der Waals surface area contributed by atoms with E-state index in [4.69, 9.17) is 0 Å². The van der Waals surface area contributed by atoms with Gasteiger partial charge in [0.1, 0.15) is 10.6 Å².